The van der Waals surface area contributed by atoms with Crippen molar-refractivity contribution in [1.29, 1.82) is 0 Å². The average Bonchev–Trinajstić information content (AvgIpc) is 3.27. The van der Waals surface area contributed by atoms with Crippen LogP contribution in [0.15, 0.2) is 66.8 Å². The number of hydrogen-bond donors (Lipinski definition) is 0. The summed E-state index contributed by atoms with van der Waals surface area (Å²) >= 11 is 0. The fourth-order valence-corrected chi connectivity index (χ4v) is 5.25. The van der Waals surface area contributed by atoms with Gasteiger partial charge in [-0.05, 0) is 74.1 Å². The van der Waals surface area contributed by atoms with Gasteiger partial charge in [-0.2, -0.15) is 0 Å². The van der Waals surface area contributed by atoms with Crippen LogP contribution in [0.2, 0.25) is 0 Å². The molecule has 0 aliphatic heterocycles. The lowest BCUT2D eigenvalue weighted by atomic mass is 9.75. The molecule has 0 N–H and O–H groups in total. The molecule has 1 unspecified atom stereocenters. The van der Waals surface area contributed by atoms with E-state index in [1.807, 2.05) is 0 Å². The first-order valence-electron chi connectivity index (χ1n) is 12.4. The molecule has 33 heavy (non-hydrogen) atoms. The van der Waals surface area contributed by atoms with Crippen LogP contribution in [0.4, 0.5) is 0 Å². The minimum atomic E-state index is 0.119. The maximum Gasteiger partial charge on any atom is 0.0240 e. The van der Waals surface area contributed by atoms with Gasteiger partial charge in [-0.15, -0.1) is 13.2 Å². The molecule has 1 atom stereocenters. The summed E-state index contributed by atoms with van der Waals surface area (Å²) in [5.41, 5.74) is 13.9. The van der Waals surface area contributed by atoms with Crippen molar-refractivity contribution in [2.24, 2.45) is 5.41 Å². The molecule has 0 bridgehead atoms. The molecule has 0 spiro atoms. The maximum absolute atomic E-state index is 3.00. The van der Waals surface area contributed by atoms with Crippen LogP contribution in [-0.4, -0.2) is 0 Å². The number of benzene rings is 2. The van der Waals surface area contributed by atoms with Gasteiger partial charge in [0, 0.05) is 5.92 Å². The highest BCUT2D eigenvalue weighted by Gasteiger charge is 2.34. The molecule has 0 amide bonds. The Bertz CT molecular complexity index is 1110. The van der Waals surface area contributed by atoms with E-state index >= 15 is 0 Å². The summed E-state index contributed by atoms with van der Waals surface area (Å²) in [5, 5.41) is 0. The molecule has 0 heteroatoms. The van der Waals surface area contributed by atoms with Gasteiger partial charge in [-0.3, -0.25) is 0 Å². The number of hydrogen-bond acceptors (Lipinski definition) is 0. The first-order valence-corrected chi connectivity index (χ1v) is 12.4. The van der Waals surface area contributed by atoms with Gasteiger partial charge in [0.2, 0.25) is 0 Å². The minimum absolute atomic E-state index is 0.119. The van der Waals surface area contributed by atoms with E-state index in [0.29, 0.717) is 5.92 Å². The summed E-state index contributed by atoms with van der Waals surface area (Å²) in [6, 6.07) is 12.0. The van der Waals surface area contributed by atoms with Crippen molar-refractivity contribution in [1.82, 2.24) is 0 Å². The highest BCUT2D eigenvalue weighted by molar-refractivity contribution is 5.80. The standard InChI is InChI=1S/C31H40.C2H4/c1-19-15-22(30(5,6)7)18-25(19)28-26-17-20-16-21(29(2,3)4)11-12-23(20)24(26)13-14-27(28)31(8,9)10;1-2/h11-16,18,25H,17H2,1-10H3;1-2H2. The van der Waals surface area contributed by atoms with Gasteiger partial charge in [0.05, 0.1) is 0 Å². The summed E-state index contributed by atoms with van der Waals surface area (Å²) in [5.74, 6) is 0.384. The molecule has 0 heterocycles. The molecule has 176 valence electrons. The van der Waals surface area contributed by atoms with Crippen molar-refractivity contribution in [2.45, 2.75) is 92.4 Å². The van der Waals surface area contributed by atoms with Crippen molar-refractivity contribution < 1.29 is 0 Å². The number of allylic oxidation sites excluding steroid dienone is 4. The maximum atomic E-state index is 3.00. The Hall–Kier alpha value is -2.34. The van der Waals surface area contributed by atoms with Gasteiger partial charge in [0.15, 0.2) is 0 Å². The summed E-state index contributed by atoms with van der Waals surface area (Å²) in [6.07, 6.45) is 6.04. The van der Waals surface area contributed by atoms with Gasteiger partial charge in [0.25, 0.3) is 0 Å². The van der Waals surface area contributed by atoms with Crippen LogP contribution < -0.4 is 0 Å². The van der Waals surface area contributed by atoms with E-state index in [9.17, 15) is 0 Å². The summed E-state index contributed by atoms with van der Waals surface area (Å²) in [7, 11) is 0. The quantitative estimate of drug-likeness (QED) is 0.330. The second-order valence-corrected chi connectivity index (χ2v) is 12.8. The molecule has 2 aliphatic rings. The topological polar surface area (TPSA) is 0 Å². The van der Waals surface area contributed by atoms with E-state index in [2.05, 4.69) is 125 Å². The molecule has 0 nitrogen and oxygen atoms in total. The smallest absolute Gasteiger partial charge is 0.0240 e. The van der Waals surface area contributed by atoms with Crippen molar-refractivity contribution in [3.63, 3.8) is 0 Å². The van der Waals surface area contributed by atoms with Crippen LogP contribution >= 0.6 is 0 Å². The SMILES string of the molecule is C=C.CC1=CC(C(C)(C)C)=CC1c1c(C(C)(C)C)ccc2c1Cc1cc(C(C)(C)C)ccc1-2. The van der Waals surface area contributed by atoms with E-state index < -0.39 is 0 Å². The molecule has 2 aliphatic carbocycles. The van der Waals surface area contributed by atoms with Crippen LogP contribution in [0, 0.1) is 5.41 Å². The summed E-state index contributed by atoms with van der Waals surface area (Å²) < 4.78 is 0. The van der Waals surface area contributed by atoms with Gasteiger partial charge >= 0.3 is 0 Å². The lowest BCUT2D eigenvalue weighted by Gasteiger charge is -2.29. The Kier molecular flexibility index (Phi) is 6.48. The van der Waals surface area contributed by atoms with E-state index in [-0.39, 0.29) is 16.2 Å². The summed E-state index contributed by atoms with van der Waals surface area (Å²) in [6.45, 7) is 29.3. The molecular formula is C33H44. The number of rotatable bonds is 1. The van der Waals surface area contributed by atoms with Crippen molar-refractivity contribution in [2.75, 3.05) is 0 Å². The predicted molar refractivity (Wildman–Crippen MR) is 147 cm³/mol. The van der Waals surface area contributed by atoms with Crippen molar-refractivity contribution in [3.05, 3.63) is 94.6 Å². The summed E-state index contributed by atoms with van der Waals surface area (Å²) in [4.78, 5) is 0. The van der Waals surface area contributed by atoms with Crippen LogP contribution in [-0.2, 0) is 17.3 Å². The highest BCUT2D eigenvalue weighted by Crippen LogP contribution is 2.49. The van der Waals surface area contributed by atoms with Gasteiger partial charge < -0.3 is 0 Å². The van der Waals surface area contributed by atoms with E-state index in [1.54, 1.807) is 11.1 Å². The van der Waals surface area contributed by atoms with E-state index in [0.717, 1.165) is 6.42 Å². The zero-order chi connectivity index (χ0) is 24.9. The van der Waals surface area contributed by atoms with Crippen LogP contribution in [0.3, 0.4) is 0 Å². The molecule has 0 saturated carbocycles. The van der Waals surface area contributed by atoms with E-state index in [4.69, 9.17) is 0 Å². The second kappa shape index (κ2) is 8.46. The first-order chi connectivity index (χ1) is 15.2. The van der Waals surface area contributed by atoms with Crippen molar-refractivity contribution >= 4 is 0 Å². The first kappa shape index (κ1) is 25.3. The monoisotopic (exact) mass is 440 g/mol. The van der Waals surface area contributed by atoms with Crippen LogP contribution in [0.5, 0.6) is 0 Å². The van der Waals surface area contributed by atoms with Crippen LogP contribution in [0.1, 0.15) is 103 Å². The molecular weight excluding hydrogens is 396 g/mol. The molecule has 4 rings (SSSR count). The lowest BCUT2D eigenvalue weighted by Crippen LogP contribution is -2.17. The Labute approximate surface area is 203 Å². The zero-order valence-corrected chi connectivity index (χ0v) is 22.7. The predicted octanol–water partition coefficient (Wildman–Crippen LogP) is 9.67. The molecule has 0 radical (unpaired) electrons. The fourth-order valence-electron chi connectivity index (χ4n) is 5.25. The van der Waals surface area contributed by atoms with Gasteiger partial charge in [-0.1, -0.05) is 110 Å². The Balaban J connectivity index is 0.00000149. The third kappa shape index (κ3) is 4.68. The largest absolute Gasteiger partial charge is 0.106 e. The third-order valence-electron chi connectivity index (χ3n) is 7.19. The van der Waals surface area contributed by atoms with Crippen molar-refractivity contribution in [3.8, 4) is 11.1 Å². The highest BCUT2D eigenvalue weighted by atomic mass is 14.4. The molecule has 0 fully saturated rings. The second-order valence-electron chi connectivity index (χ2n) is 12.8. The lowest BCUT2D eigenvalue weighted by molar-refractivity contribution is 0.517. The molecule has 2 aromatic rings. The molecule has 0 aromatic heterocycles. The molecule has 2 aromatic carbocycles. The van der Waals surface area contributed by atoms with Gasteiger partial charge in [0.1, 0.15) is 0 Å². The zero-order valence-electron chi connectivity index (χ0n) is 22.7. The third-order valence-corrected chi connectivity index (χ3v) is 7.19. The van der Waals surface area contributed by atoms with Crippen LogP contribution in [0.25, 0.3) is 11.1 Å². The Morgan fingerprint density at radius 1 is 0.758 bits per heavy atom. The minimum Gasteiger partial charge on any atom is -0.106 e. The average molecular weight is 441 g/mol. The van der Waals surface area contributed by atoms with Gasteiger partial charge in [-0.25, -0.2) is 0 Å². The van der Waals surface area contributed by atoms with E-state index in [1.165, 1.54) is 39.0 Å². The fraction of sp³-hybridized carbons (Fsp3) is 0.455. The normalized spacial score (nSPS) is 17.6. The molecule has 0 saturated heterocycles. The number of fused-ring (bicyclic) bond motifs is 3. The Morgan fingerprint density at radius 3 is 1.88 bits per heavy atom. The Morgan fingerprint density at radius 2 is 1.36 bits per heavy atom.